The van der Waals surface area contributed by atoms with E-state index in [2.05, 4.69) is 11.4 Å². The Balaban J connectivity index is 4.43. The lowest BCUT2D eigenvalue weighted by atomic mass is 10.1. The fourth-order valence-corrected chi connectivity index (χ4v) is 3.31. The molecule has 0 spiro atoms. The summed E-state index contributed by atoms with van der Waals surface area (Å²) < 4.78 is 31.7. The molecule has 0 aliphatic heterocycles. The molecule has 0 aromatic heterocycles. The van der Waals surface area contributed by atoms with Crippen LogP contribution in [0.4, 0.5) is 0 Å². The molecule has 0 aromatic carbocycles. The van der Waals surface area contributed by atoms with Gasteiger partial charge in [0.1, 0.15) is 6.61 Å². The first-order chi connectivity index (χ1) is 14.3. The highest BCUT2D eigenvalue weighted by Crippen LogP contribution is 2.43. The van der Waals surface area contributed by atoms with Crippen molar-refractivity contribution >= 4 is 19.8 Å². The molecule has 0 bridgehead atoms. The molecule has 0 aliphatic rings. The molecule has 0 rings (SSSR count). The summed E-state index contributed by atoms with van der Waals surface area (Å²) in [4.78, 5) is 33.4. The number of carbonyl (C=O) groups excluding carboxylic acids is 2. The number of hydrogen-bond donors (Lipinski definition) is 2. The number of carbonyl (C=O) groups is 2. The van der Waals surface area contributed by atoms with Gasteiger partial charge in [-0.2, -0.15) is 0 Å². The van der Waals surface area contributed by atoms with Crippen LogP contribution in [0.2, 0.25) is 0 Å². The highest BCUT2D eigenvalue weighted by atomic mass is 31.2. The standard InChI is InChI=1S/C20H40NO8P/c1-3-5-7-8-9-10-11-13-20(23)29-18(16-26-19(22)12-6-4-2)17-28-30(24,25)27-15-14-21/h18H,3-17,21H2,1-2H3,(H,24,25)/t18-/m1/s1. The van der Waals surface area contributed by atoms with Crippen LogP contribution in [0.5, 0.6) is 0 Å². The van der Waals surface area contributed by atoms with Crippen molar-refractivity contribution in [2.75, 3.05) is 26.4 Å². The molecule has 9 nitrogen and oxygen atoms in total. The van der Waals surface area contributed by atoms with Gasteiger partial charge in [0.2, 0.25) is 0 Å². The zero-order valence-corrected chi connectivity index (χ0v) is 19.4. The summed E-state index contributed by atoms with van der Waals surface area (Å²) in [5.41, 5.74) is 5.23. The van der Waals surface area contributed by atoms with Gasteiger partial charge in [0.05, 0.1) is 13.2 Å². The molecule has 2 atom stereocenters. The van der Waals surface area contributed by atoms with Gasteiger partial charge in [-0.3, -0.25) is 18.6 Å². The molecule has 0 aliphatic carbocycles. The van der Waals surface area contributed by atoms with E-state index in [4.69, 9.17) is 19.7 Å². The number of hydrogen-bond acceptors (Lipinski definition) is 8. The second kappa shape index (κ2) is 18.8. The molecule has 3 N–H and O–H groups in total. The van der Waals surface area contributed by atoms with Crippen molar-refractivity contribution in [3.8, 4) is 0 Å². The second-order valence-corrected chi connectivity index (χ2v) is 8.61. The third kappa shape index (κ3) is 17.8. The molecule has 0 saturated carbocycles. The van der Waals surface area contributed by atoms with Gasteiger partial charge in [-0.25, -0.2) is 4.57 Å². The molecular formula is C20H40NO8P. The van der Waals surface area contributed by atoms with Crippen molar-refractivity contribution < 1.29 is 37.6 Å². The van der Waals surface area contributed by atoms with E-state index < -0.39 is 32.5 Å². The normalized spacial score (nSPS) is 14.1. The Kier molecular flexibility index (Phi) is 18.1. The van der Waals surface area contributed by atoms with E-state index in [1.165, 1.54) is 19.3 Å². The lowest BCUT2D eigenvalue weighted by Gasteiger charge is -2.19. The molecule has 1 unspecified atom stereocenters. The molecule has 0 aromatic rings. The summed E-state index contributed by atoms with van der Waals surface area (Å²) in [6.07, 6.45) is 8.52. The van der Waals surface area contributed by atoms with Crippen LogP contribution in [0.1, 0.15) is 84.5 Å². The minimum atomic E-state index is -4.32. The minimum absolute atomic E-state index is 0.0554. The van der Waals surface area contributed by atoms with Crippen LogP contribution in [-0.2, 0) is 32.7 Å². The summed E-state index contributed by atoms with van der Waals surface area (Å²) in [7, 11) is -4.32. The van der Waals surface area contributed by atoms with Crippen LogP contribution < -0.4 is 5.73 Å². The first-order valence-corrected chi connectivity index (χ1v) is 12.5. The third-order valence-corrected chi connectivity index (χ3v) is 5.23. The molecule has 0 heterocycles. The maximum absolute atomic E-state index is 12.1. The molecule has 0 saturated heterocycles. The first kappa shape index (κ1) is 29.0. The Labute approximate surface area is 180 Å². The van der Waals surface area contributed by atoms with Crippen LogP contribution >= 0.6 is 7.82 Å². The highest BCUT2D eigenvalue weighted by molar-refractivity contribution is 7.47. The van der Waals surface area contributed by atoms with E-state index in [1.54, 1.807) is 0 Å². The molecule has 178 valence electrons. The maximum atomic E-state index is 12.1. The van der Waals surface area contributed by atoms with E-state index in [-0.39, 0.29) is 32.6 Å². The largest absolute Gasteiger partial charge is 0.472 e. The first-order valence-electron chi connectivity index (χ1n) is 11.0. The molecular weight excluding hydrogens is 413 g/mol. The number of phosphoric acid groups is 1. The molecule has 0 radical (unpaired) electrons. The van der Waals surface area contributed by atoms with E-state index in [9.17, 15) is 19.0 Å². The van der Waals surface area contributed by atoms with Gasteiger partial charge in [-0.15, -0.1) is 0 Å². The number of ether oxygens (including phenoxy) is 2. The van der Waals surface area contributed by atoms with Gasteiger partial charge in [0.25, 0.3) is 0 Å². The monoisotopic (exact) mass is 453 g/mol. The zero-order valence-electron chi connectivity index (χ0n) is 18.5. The SMILES string of the molecule is CCCCCCCCCC(=O)O[C@H](COC(=O)CCCC)COP(=O)(O)OCCN. The smallest absolute Gasteiger partial charge is 0.462 e. The van der Waals surface area contributed by atoms with Crippen LogP contribution in [0, 0.1) is 0 Å². The second-order valence-electron chi connectivity index (χ2n) is 7.16. The third-order valence-electron chi connectivity index (χ3n) is 4.24. The predicted molar refractivity (Wildman–Crippen MR) is 114 cm³/mol. The van der Waals surface area contributed by atoms with Crippen molar-refractivity contribution in [1.29, 1.82) is 0 Å². The van der Waals surface area contributed by atoms with Gasteiger partial charge < -0.3 is 20.1 Å². The number of phosphoric ester groups is 1. The Bertz CT molecular complexity index is 503. The quantitative estimate of drug-likeness (QED) is 0.160. The van der Waals surface area contributed by atoms with Gasteiger partial charge in [-0.1, -0.05) is 58.8 Å². The summed E-state index contributed by atoms with van der Waals surface area (Å²) in [5.74, 6) is -0.881. The fraction of sp³-hybridized carbons (Fsp3) is 0.900. The predicted octanol–water partition coefficient (Wildman–Crippen LogP) is 3.86. The number of rotatable bonds is 20. The fourth-order valence-electron chi connectivity index (χ4n) is 2.55. The lowest BCUT2D eigenvalue weighted by molar-refractivity contribution is -0.161. The minimum Gasteiger partial charge on any atom is -0.462 e. The van der Waals surface area contributed by atoms with Gasteiger partial charge in [0, 0.05) is 19.4 Å². The van der Waals surface area contributed by atoms with Crippen LogP contribution in [0.3, 0.4) is 0 Å². The molecule has 0 amide bonds. The van der Waals surface area contributed by atoms with E-state index >= 15 is 0 Å². The Morgan fingerprint density at radius 3 is 2.10 bits per heavy atom. The lowest BCUT2D eigenvalue weighted by Crippen LogP contribution is -2.29. The van der Waals surface area contributed by atoms with Crippen molar-refractivity contribution in [3.05, 3.63) is 0 Å². The van der Waals surface area contributed by atoms with Crippen LogP contribution in [0.15, 0.2) is 0 Å². The zero-order chi connectivity index (χ0) is 22.7. The van der Waals surface area contributed by atoms with Crippen molar-refractivity contribution in [3.63, 3.8) is 0 Å². The molecule has 0 fully saturated rings. The van der Waals surface area contributed by atoms with Gasteiger partial charge in [0.15, 0.2) is 6.10 Å². The highest BCUT2D eigenvalue weighted by Gasteiger charge is 2.25. The summed E-state index contributed by atoms with van der Waals surface area (Å²) in [6, 6.07) is 0. The topological polar surface area (TPSA) is 134 Å². The average Bonchev–Trinajstić information content (AvgIpc) is 2.72. The van der Waals surface area contributed by atoms with Gasteiger partial charge in [-0.05, 0) is 12.8 Å². The van der Waals surface area contributed by atoms with Crippen molar-refractivity contribution in [2.45, 2.75) is 90.6 Å². The van der Waals surface area contributed by atoms with E-state index in [1.807, 2.05) is 6.92 Å². The average molecular weight is 454 g/mol. The summed E-state index contributed by atoms with van der Waals surface area (Å²) in [5, 5.41) is 0. The number of nitrogens with two attached hydrogens (primary N) is 1. The van der Waals surface area contributed by atoms with Crippen LogP contribution in [0.25, 0.3) is 0 Å². The van der Waals surface area contributed by atoms with Crippen molar-refractivity contribution in [2.24, 2.45) is 5.73 Å². The van der Waals surface area contributed by atoms with E-state index in [0.717, 1.165) is 25.7 Å². The maximum Gasteiger partial charge on any atom is 0.472 e. The molecule has 10 heteroatoms. The Hall–Kier alpha value is -0.990. The van der Waals surface area contributed by atoms with Crippen molar-refractivity contribution in [1.82, 2.24) is 0 Å². The van der Waals surface area contributed by atoms with E-state index in [0.29, 0.717) is 12.8 Å². The Morgan fingerprint density at radius 1 is 0.867 bits per heavy atom. The van der Waals surface area contributed by atoms with Crippen LogP contribution in [-0.4, -0.2) is 49.3 Å². The number of unbranched alkanes of at least 4 members (excludes halogenated alkanes) is 7. The molecule has 30 heavy (non-hydrogen) atoms. The Morgan fingerprint density at radius 2 is 1.47 bits per heavy atom. The summed E-state index contributed by atoms with van der Waals surface area (Å²) in [6.45, 7) is 3.35. The number of esters is 2. The summed E-state index contributed by atoms with van der Waals surface area (Å²) >= 11 is 0. The van der Waals surface area contributed by atoms with Gasteiger partial charge >= 0.3 is 19.8 Å².